The molecule has 1 saturated heterocycles. The van der Waals surface area contributed by atoms with Gasteiger partial charge in [-0.3, -0.25) is 4.79 Å². The van der Waals surface area contributed by atoms with Gasteiger partial charge in [0.05, 0.1) is 17.4 Å². The molecule has 1 aliphatic carbocycles. The molecule has 2 aliphatic rings. The zero-order valence-electron chi connectivity index (χ0n) is 17.4. The van der Waals surface area contributed by atoms with E-state index in [0.29, 0.717) is 17.7 Å². The normalized spacial score (nSPS) is 25.1. The standard InChI is InChI=1S/C24H27N3O2/c1-23(2)21-13-16-17(6-5-7-20(16)28)24(23,3)10-11-27(21)22(29)15-8-9-18-19(12-15)26(4)14-25-18/h5-9,12,14,21,28H,10-11,13H2,1-4H3/t21-,24+/m1/s1. The summed E-state index contributed by atoms with van der Waals surface area (Å²) in [6, 6.07) is 11.6. The first-order chi connectivity index (χ1) is 13.7. The number of hydrogen-bond donors (Lipinski definition) is 1. The van der Waals surface area contributed by atoms with Gasteiger partial charge in [0.2, 0.25) is 0 Å². The Morgan fingerprint density at radius 1 is 1.21 bits per heavy atom. The van der Waals surface area contributed by atoms with E-state index >= 15 is 0 Å². The van der Waals surface area contributed by atoms with Gasteiger partial charge in [-0.2, -0.15) is 0 Å². The van der Waals surface area contributed by atoms with Crippen LogP contribution in [0.5, 0.6) is 5.75 Å². The Morgan fingerprint density at radius 2 is 2.00 bits per heavy atom. The predicted octanol–water partition coefficient (Wildman–Crippen LogP) is 4.03. The molecule has 1 fully saturated rings. The number of phenols is 1. The Labute approximate surface area is 171 Å². The largest absolute Gasteiger partial charge is 0.508 e. The lowest BCUT2D eigenvalue weighted by atomic mass is 9.51. The molecule has 2 atom stereocenters. The second-order valence-corrected chi connectivity index (χ2v) is 9.38. The Balaban J connectivity index is 1.58. The van der Waals surface area contributed by atoms with E-state index in [2.05, 4.69) is 31.8 Å². The van der Waals surface area contributed by atoms with Gasteiger partial charge < -0.3 is 14.6 Å². The summed E-state index contributed by atoms with van der Waals surface area (Å²) in [6.45, 7) is 7.56. The van der Waals surface area contributed by atoms with Crippen LogP contribution >= 0.6 is 0 Å². The predicted molar refractivity (Wildman–Crippen MR) is 113 cm³/mol. The average molecular weight is 389 g/mol. The SMILES string of the molecule is Cn1cnc2ccc(C(=O)N3CC[C@@]4(C)c5cccc(O)c5C[C@@H]3C4(C)C)cc21. The molecule has 0 saturated carbocycles. The number of imidazole rings is 1. The second kappa shape index (κ2) is 5.85. The van der Waals surface area contributed by atoms with E-state index in [-0.39, 0.29) is 22.8 Å². The van der Waals surface area contributed by atoms with Crippen molar-refractivity contribution in [2.45, 2.75) is 45.1 Å². The van der Waals surface area contributed by atoms with Crippen molar-refractivity contribution >= 4 is 16.9 Å². The van der Waals surface area contributed by atoms with E-state index in [0.717, 1.165) is 29.6 Å². The van der Waals surface area contributed by atoms with Crippen LogP contribution in [0.4, 0.5) is 0 Å². The summed E-state index contributed by atoms with van der Waals surface area (Å²) in [7, 11) is 1.94. The van der Waals surface area contributed by atoms with E-state index < -0.39 is 0 Å². The molecule has 150 valence electrons. The number of carbonyl (C=O) groups is 1. The van der Waals surface area contributed by atoms with Gasteiger partial charge in [-0.25, -0.2) is 4.98 Å². The number of amides is 1. The number of benzene rings is 2. The minimum Gasteiger partial charge on any atom is -0.508 e. The Morgan fingerprint density at radius 3 is 2.79 bits per heavy atom. The number of hydrogen-bond acceptors (Lipinski definition) is 3. The molecule has 1 aromatic heterocycles. The first-order valence-electron chi connectivity index (χ1n) is 10.3. The van der Waals surface area contributed by atoms with E-state index in [1.165, 1.54) is 5.56 Å². The molecule has 2 heterocycles. The fraction of sp³-hybridized carbons (Fsp3) is 0.417. The second-order valence-electron chi connectivity index (χ2n) is 9.38. The number of likely N-dealkylation sites (tertiary alicyclic amines) is 1. The highest BCUT2D eigenvalue weighted by Crippen LogP contribution is 2.57. The number of fused-ring (bicyclic) bond motifs is 5. The maximum Gasteiger partial charge on any atom is 0.254 e. The number of aryl methyl sites for hydroxylation is 1. The van der Waals surface area contributed by atoms with Gasteiger partial charge in [-0.1, -0.05) is 32.9 Å². The molecule has 1 aliphatic heterocycles. The molecule has 3 aromatic rings. The summed E-state index contributed by atoms with van der Waals surface area (Å²) in [5, 5.41) is 10.6. The Bertz CT molecular complexity index is 1150. The highest BCUT2D eigenvalue weighted by molar-refractivity contribution is 5.97. The maximum absolute atomic E-state index is 13.6. The van der Waals surface area contributed by atoms with Crippen LogP contribution in [0.25, 0.3) is 11.0 Å². The quantitative estimate of drug-likeness (QED) is 0.683. The van der Waals surface area contributed by atoms with Crippen molar-refractivity contribution in [3.63, 3.8) is 0 Å². The maximum atomic E-state index is 13.6. The molecular formula is C24H27N3O2. The zero-order chi connectivity index (χ0) is 20.6. The number of aromatic nitrogens is 2. The third-order valence-electron chi connectivity index (χ3n) is 7.86. The van der Waals surface area contributed by atoms with Gasteiger partial charge in [0.25, 0.3) is 5.91 Å². The third kappa shape index (κ3) is 2.33. The molecule has 2 aromatic carbocycles. The van der Waals surface area contributed by atoms with Crippen LogP contribution in [0, 0.1) is 5.41 Å². The summed E-state index contributed by atoms with van der Waals surface area (Å²) >= 11 is 0. The van der Waals surface area contributed by atoms with Crippen LogP contribution in [-0.4, -0.2) is 38.1 Å². The van der Waals surface area contributed by atoms with Gasteiger partial charge in [0.1, 0.15) is 5.75 Å². The molecule has 0 unspecified atom stereocenters. The van der Waals surface area contributed by atoms with Crippen molar-refractivity contribution in [1.82, 2.24) is 14.5 Å². The number of nitrogens with zero attached hydrogens (tertiary/aromatic N) is 3. The summed E-state index contributed by atoms with van der Waals surface area (Å²) in [6.07, 6.45) is 3.34. The van der Waals surface area contributed by atoms with E-state index in [1.54, 1.807) is 12.4 Å². The fourth-order valence-corrected chi connectivity index (χ4v) is 5.59. The molecule has 2 bridgehead atoms. The zero-order valence-corrected chi connectivity index (χ0v) is 17.4. The molecular weight excluding hydrogens is 362 g/mol. The number of aromatic hydroxyl groups is 1. The van der Waals surface area contributed by atoms with Crippen molar-refractivity contribution < 1.29 is 9.90 Å². The summed E-state index contributed by atoms with van der Waals surface area (Å²) < 4.78 is 1.94. The van der Waals surface area contributed by atoms with E-state index in [1.807, 2.05) is 40.8 Å². The number of piperidine rings is 1. The Hall–Kier alpha value is -2.82. The molecule has 1 N–H and O–H groups in total. The smallest absolute Gasteiger partial charge is 0.254 e. The summed E-state index contributed by atoms with van der Waals surface area (Å²) in [5.74, 6) is 0.409. The third-order valence-corrected chi connectivity index (χ3v) is 7.86. The first-order valence-corrected chi connectivity index (χ1v) is 10.3. The molecule has 0 radical (unpaired) electrons. The van der Waals surface area contributed by atoms with E-state index in [9.17, 15) is 9.90 Å². The summed E-state index contributed by atoms with van der Waals surface area (Å²) in [5.41, 5.74) is 4.62. The molecule has 0 spiro atoms. The highest BCUT2D eigenvalue weighted by atomic mass is 16.3. The minimum atomic E-state index is -0.0989. The number of rotatable bonds is 1. The van der Waals surface area contributed by atoms with Crippen LogP contribution in [0.1, 0.15) is 48.7 Å². The molecule has 1 amide bonds. The monoisotopic (exact) mass is 389 g/mol. The van der Waals surface area contributed by atoms with E-state index in [4.69, 9.17) is 0 Å². The molecule has 5 nitrogen and oxygen atoms in total. The minimum absolute atomic E-state index is 0.0387. The summed E-state index contributed by atoms with van der Waals surface area (Å²) in [4.78, 5) is 20.0. The van der Waals surface area contributed by atoms with Gasteiger partial charge in [-0.05, 0) is 53.6 Å². The van der Waals surface area contributed by atoms with Crippen molar-refractivity contribution in [3.8, 4) is 5.75 Å². The first kappa shape index (κ1) is 18.2. The van der Waals surface area contributed by atoms with Gasteiger partial charge in [-0.15, -0.1) is 0 Å². The number of carbonyl (C=O) groups excluding carboxylic acids is 1. The van der Waals surface area contributed by atoms with Gasteiger partial charge in [0.15, 0.2) is 0 Å². The fourth-order valence-electron chi connectivity index (χ4n) is 5.59. The van der Waals surface area contributed by atoms with Crippen LogP contribution < -0.4 is 0 Å². The van der Waals surface area contributed by atoms with Gasteiger partial charge in [0, 0.05) is 30.6 Å². The number of phenolic OH excluding ortho intramolecular Hbond substituents is 1. The van der Waals surface area contributed by atoms with Crippen molar-refractivity contribution in [2.75, 3.05) is 6.54 Å². The van der Waals surface area contributed by atoms with Gasteiger partial charge >= 0.3 is 0 Å². The lowest BCUT2D eigenvalue weighted by Gasteiger charge is -2.60. The van der Waals surface area contributed by atoms with Crippen LogP contribution in [-0.2, 0) is 18.9 Å². The van der Waals surface area contributed by atoms with Crippen LogP contribution in [0.15, 0.2) is 42.7 Å². The van der Waals surface area contributed by atoms with Crippen molar-refractivity contribution in [2.24, 2.45) is 12.5 Å². The van der Waals surface area contributed by atoms with Crippen LogP contribution in [0.2, 0.25) is 0 Å². The topological polar surface area (TPSA) is 58.4 Å². The molecule has 5 heteroatoms. The lowest BCUT2D eigenvalue weighted by molar-refractivity contribution is -0.0266. The Kier molecular flexibility index (Phi) is 3.67. The molecule has 5 rings (SSSR count). The van der Waals surface area contributed by atoms with Crippen molar-refractivity contribution in [1.29, 1.82) is 0 Å². The molecule has 29 heavy (non-hydrogen) atoms. The van der Waals surface area contributed by atoms with Crippen LogP contribution in [0.3, 0.4) is 0 Å². The highest BCUT2D eigenvalue weighted by Gasteiger charge is 2.57. The lowest BCUT2D eigenvalue weighted by Crippen LogP contribution is -2.64. The average Bonchev–Trinajstić information content (AvgIpc) is 3.05. The van der Waals surface area contributed by atoms with Crippen molar-refractivity contribution in [3.05, 3.63) is 59.4 Å².